The summed E-state index contributed by atoms with van der Waals surface area (Å²) in [6, 6.07) is 4.69. The number of fused-ring (bicyclic) bond motifs is 1. The van der Waals surface area contributed by atoms with Gasteiger partial charge in [0.05, 0.1) is 17.3 Å². The maximum atomic E-state index is 13.2. The summed E-state index contributed by atoms with van der Waals surface area (Å²) in [5.41, 5.74) is 4.33. The van der Waals surface area contributed by atoms with Gasteiger partial charge in [0.1, 0.15) is 0 Å². The van der Waals surface area contributed by atoms with Gasteiger partial charge in [-0.05, 0) is 64.2 Å². The van der Waals surface area contributed by atoms with Crippen molar-refractivity contribution in [1.29, 1.82) is 0 Å². The SMILES string of the molecule is CC(C)NC(=O)N1CCN(c2ccnn3cc(C4=CCC([C@H]5CN(C(C)C)CC[C@@H]5OC(F)F)C=C4)cc23)CC1. The maximum absolute atomic E-state index is 13.2. The summed E-state index contributed by atoms with van der Waals surface area (Å²) in [7, 11) is 0. The number of allylic oxidation sites excluding steroid dienone is 4. The standard InChI is InChI=1S/C30H42F2N6O2/c1-20(2)34-30(39)36-15-13-35(14-16-36)26-9-11-33-38-18-24(17-27(26)38)22-5-7-23(8-6-22)25-19-37(21(3)4)12-10-28(25)40-29(31)32/h5-7,9,11,17-18,20-21,23,25,28-29H,8,10,12-16,19H2,1-4H3,(H,34,39)/t23?,25-,28+/m1/s1. The molecule has 3 aliphatic rings. The molecule has 0 saturated carbocycles. The summed E-state index contributed by atoms with van der Waals surface area (Å²) in [4.78, 5) is 19.0. The molecule has 2 aromatic heterocycles. The van der Waals surface area contributed by atoms with Gasteiger partial charge in [0.15, 0.2) is 0 Å². The van der Waals surface area contributed by atoms with E-state index in [1.165, 1.54) is 0 Å². The average molecular weight is 557 g/mol. The van der Waals surface area contributed by atoms with E-state index in [2.05, 4.69) is 58.4 Å². The van der Waals surface area contributed by atoms with E-state index in [0.29, 0.717) is 25.6 Å². The van der Waals surface area contributed by atoms with E-state index in [9.17, 15) is 13.6 Å². The summed E-state index contributed by atoms with van der Waals surface area (Å²) in [6.45, 7) is 9.91. The minimum atomic E-state index is -2.74. The third-order valence-corrected chi connectivity index (χ3v) is 8.45. The Morgan fingerprint density at radius 3 is 2.55 bits per heavy atom. The van der Waals surface area contributed by atoms with Crippen LogP contribution in [0.4, 0.5) is 19.3 Å². The number of urea groups is 1. The molecule has 0 bridgehead atoms. The zero-order chi connectivity index (χ0) is 28.4. The van der Waals surface area contributed by atoms with Gasteiger partial charge in [-0.1, -0.05) is 18.2 Å². The molecule has 218 valence electrons. The molecule has 2 saturated heterocycles. The Balaban J connectivity index is 1.28. The highest BCUT2D eigenvalue weighted by atomic mass is 19.3. The van der Waals surface area contributed by atoms with Gasteiger partial charge in [0.25, 0.3) is 0 Å². The van der Waals surface area contributed by atoms with Gasteiger partial charge in [0.2, 0.25) is 0 Å². The van der Waals surface area contributed by atoms with Gasteiger partial charge in [-0.2, -0.15) is 13.9 Å². The molecular formula is C30H42F2N6O2. The Morgan fingerprint density at radius 1 is 1.12 bits per heavy atom. The number of nitrogens with zero attached hydrogens (tertiary/aromatic N) is 5. The molecule has 5 rings (SSSR count). The Bertz CT molecular complexity index is 1230. The number of nitrogens with one attached hydrogen (secondary N) is 1. The Kier molecular flexibility index (Phi) is 8.75. The molecule has 3 atom stereocenters. The van der Waals surface area contributed by atoms with E-state index < -0.39 is 12.7 Å². The number of anilines is 1. The highest BCUT2D eigenvalue weighted by Crippen LogP contribution is 2.36. The molecule has 0 aromatic carbocycles. The number of carbonyl (C=O) groups is 1. The summed E-state index contributed by atoms with van der Waals surface area (Å²) in [6.07, 6.45) is 11.4. The lowest BCUT2D eigenvalue weighted by Crippen LogP contribution is -2.53. The molecule has 1 unspecified atom stereocenters. The second kappa shape index (κ2) is 12.3. The normalized spacial score (nSPS) is 24.4. The Hall–Kier alpha value is -2.98. The minimum Gasteiger partial charge on any atom is -0.366 e. The number of hydrogen-bond acceptors (Lipinski definition) is 5. The number of rotatable bonds is 7. The van der Waals surface area contributed by atoms with E-state index in [4.69, 9.17) is 4.74 Å². The first kappa shape index (κ1) is 28.5. The van der Waals surface area contributed by atoms with Crippen molar-refractivity contribution >= 4 is 22.8 Å². The van der Waals surface area contributed by atoms with E-state index in [0.717, 1.165) is 54.9 Å². The van der Waals surface area contributed by atoms with Crippen LogP contribution >= 0.6 is 0 Å². The molecule has 0 radical (unpaired) electrons. The largest absolute Gasteiger partial charge is 0.366 e. The van der Waals surface area contributed by atoms with Gasteiger partial charge in [-0.3, -0.25) is 0 Å². The predicted molar refractivity (Wildman–Crippen MR) is 154 cm³/mol. The summed E-state index contributed by atoms with van der Waals surface area (Å²) < 4.78 is 33.3. The van der Waals surface area contributed by atoms with Crippen molar-refractivity contribution in [3.63, 3.8) is 0 Å². The fourth-order valence-electron chi connectivity index (χ4n) is 6.25. The van der Waals surface area contributed by atoms with Crippen molar-refractivity contribution in [3.8, 4) is 0 Å². The number of halogens is 2. The highest BCUT2D eigenvalue weighted by molar-refractivity contribution is 5.82. The number of ether oxygens (including phenoxy) is 1. The first-order chi connectivity index (χ1) is 19.2. The molecule has 2 aromatic rings. The Labute approximate surface area is 235 Å². The quantitative estimate of drug-likeness (QED) is 0.527. The molecule has 40 heavy (non-hydrogen) atoms. The number of likely N-dealkylation sites (tertiary alicyclic amines) is 1. The van der Waals surface area contributed by atoms with Crippen molar-refractivity contribution < 1.29 is 18.3 Å². The molecular weight excluding hydrogens is 514 g/mol. The second-order valence-corrected chi connectivity index (χ2v) is 11.7. The minimum absolute atomic E-state index is 0.00828. The molecule has 2 amide bonds. The number of piperazine rings is 1. The zero-order valence-corrected chi connectivity index (χ0v) is 24.0. The van der Waals surface area contributed by atoms with Crippen LogP contribution in [0.3, 0.4) is 0 Å². The van der Waals surface area contributed by atoms with Gasteiger partial charge in [0, 0.05) is 75.2 Å². The monoisotopic (exact) mass is 556 g/mol. The van der Waals surface area contributed by atoms with Crippen LogP contribution in [0.2, 0.25) is 0 Å². The summed E-state index contributed by atoms with van der Waals surface area (Å²) >= 11 is 0. The topological polar surface area (TPSA) is 65.4 Å². The molecule has 8 nitrogen and oxygen atoms in total. The van der Waals surface area contributed by atoms with Crippen molar-refractivity contribution in [2.45, 2.75) is 65.3 Å². The molecule has 10 heteroatoms. The molecule has 2 fully saturated rings. The van der Waals surface area contributed by atoms with E-state index >= 15 is 0 Å². The number of aromatic nitrogens is 2. The number of piperidine rings is 1. The van der Waals surface area contributed by atoms with Crippen LogP contribution < -0.4 is 10.2 Å². The summed E-state index contributed by atoms with van der Waals surface area (Å²) in [5, 5.41) is 7.53. The number of hydrogen-bond donors (Lipinski definition) is 1. The Morgan fingerprint density at radius 2 is 1.90 bits per heavy atom. The lowest BCUT2D eigenvalue weighted by molar-refractivity contribution is -0.192. The fraction of sp³-hybridized carbons (Fsp3) is 0.600. The second-order valence-electron chi connectivity index (χ2n) is 11.7. The fourth-order valence-corrected chi connectivity index (χ4v) is 6.25. The van der Waals surface area contributed by atoms with Crippen LogP contribution in [0.1, 0.15) is 46.1 Å². The zero-order valence-electron chi connectivity index (χ0n) is 24.0. The van der Waals surface area contributed by atoms with E-state index in [1.807, 2.05) is 41.7 Å². The van der Waals surface area contributed by atoms with Crippen molar-refractivity contribution in [1.82, 2.24) is 24.7 Å². The molecule has 4 heterocycles. The maximum Gasteiger partial charge on any atom is 0.345 e. The van der Waals surface area contributed by atoms with Gasteiger partial charge in [-0.15, -0.1) is 0 Å². The smallest absolute Gasteiger partial charge is 0.345 e. The van der Waals surface area contributed by atoms with Crippen LogP contribution in [0.5, 0.6) is 0 Å². The predicted octanol–water partition coefficient (Wildman–Crippen LogP) is 4.87. The van der Waals surface area contributed by atoms with Gasteiger partial charge in [-0.25, -0.2) is 9.31 Å². The first-order valence-electron chi connectivity index (χ1n) is 14.5. The number of amides is 2. The highest BCUT2D eigenvalue weighted by Gasteiger charge is 2.37. The van der Waals surface area contributed by atoms with E-state index in [1.54, 1.807) is 0 Å². The van der Waals surface area contributed by atoms with Crippen molar-refractivity contribution in [3.05, 3.63) is 48.3 Å². The number of alkyl halides is 2. The molecule has 2 aliphatic heterocycles. The third-order valence-electron chi connectivity index (χ3n) is 8.45. The van der Waals surface area contributed by atoms with Crippen molar-refractivity contribution in [2.75, 3.05) is 44.2 Å². The molecule has 1 aliphatic carbocycles. The molecule has 0 spiro atoms. The summed E-state index contributed by atoms with van der Waals surface area (Å²) in [5.74, 6) is 0.186. The van der Waals surface area contributed by atoms with Gasteiger partial charge < -0.3 is 24.8 Å². The third kappa shape index (κ3) is 6.33. The first-order valence-corrected chi connectivity index (χ1v) is 14.5. The van der Waals surface area contributed by atoms with Crippen molar-refractivity contribution in [2.24, 2.45) is 11.8 Å². The lowest BCUT2D eigenvalue weighted by Gasteiger charge is -2.43. The number of carbonyl (C=O) groups excluding carboxylic acids is 1. The molecule has 1 N–H and O–H groups in total. The van der Waals surface area contributed by atoms with E-state index in [-0.39, 0.29) is 23.9 Å². The van der Waals surface area contributed by atoms with Crippen LogP contribution in [0, 0.1) is 11.8 Å². The van der Waals surface area contributed by atoms with Crippen LogP contribution in [-0.4, -0.2) is 89.5 Å². The van der Waals surface area contributed by atoms with Crippen LogP contribution in [0.25, 0.3) is 11.1 Å². The van der Waals surface area contributed by atoms with Crippen LogP contribution in [0.15, 0.2) is 42.8 Å². The average Bonchev–Trinajstić information content (AvgIpc) is 3.37. The van der Waals surface area contributed by atoms with Crippen LogP contribution in [-0.2, 0) is 4.74 Å². The lowest BCUT2D eigenvalue weighted by atomic mass is 9.78. The van der Waals surface area contributed by atoms with Gasteiger partial charge >= 0.3 is 12.6 Å².